The average molecular weight is 303 g/mol. The van der Waals surface area contributed by atoms with E-state index in [1.165, 1.54) is 18.9 Å². The predicted octanol–water partition coefficient (Wildman–Crippen LogP) is 0.356. The van der Waals surface area contributed by atoms with Crippen LogP contribution in [0.25, 0.3) is 0 Å². The summed E-state index contributed by atoms with van der Waals surface area (Å²) in [5, 5.41) is 3.03. The molecule has 22 heavy (non-hydrogen) atoms. The molecule has 4 rings (SSSR count). The highest BCUT2D eigenvalue weighted by Crippen LogP contribution is 2.37. The molecule has 1 aliphatic carbocycles. The summed E-state index contributed by atoms with van der Waals surface area (Å²) in [6.45, 7) is 2.64. The number of nitrogens with one attached hydrogen (secondary N) is 2. The van der Waals surface area contributed by atoms with Gasteiger partial charge in [-0.3, -0.25) is 14.5 Å². The summed E-state index contributed by atoms with van der Waals surface area (Å²) in [5.41, 5.74) is 0.0710. The summed E-state index contributed by atoms with van der Waals surface area (Å²) in [4.78, 5) is 28.5. The number of hydrogen-bond acceptors (Lipinski definition) is 4. The number of pyridine rings is 1. The first-order valence-electron chi connectivity index (χ1n) is 8.05. The standard InChI is InChI=1S/C16H21N3O3/c20-15-3-1-2-13(18-15)16(21)17-11-6-12-9-22-14(10-4-5-10)8-19(12)7-11/h1-3,10-12,14H,4-9H2,(H,17,21)(H,18,20)/t11-,12-,14+/m0/s1. The first-order chi connectivity index (χ1) is 10.7. The number of ether oxygens (including phenoxy) is 1. The molecule has 0 radical (unpaired) electrons. The van der Waals surface area contributed by atoms with Crippen molar-refractivity contribution in [3.63, 3.8) is 0 Å². The van der Waals surface area contributed by atoms with E-state index < -0.39 is 0 Å². The van der Waals surface area contributed by atoms with Crippen LogP contribution in [0.4, 0.5) is 0 Å². The molecule has 6 nitrogen and oxygen atoms in total. The lowest BCUT2D eigenvalue weighted by Gasteiger charge is -2.35. The van der Waals surface area contributed by atoms with Crippen molar-refractivity contribution in [1.82, 2.24) is 15.2 Å². The molecular weight excluding hydrogens is 282 g/mol. The Morgan fingerprint density at radius 2 is 2.18 bits per heavy atom. The summed E-state index contributed by atoms with van der Waals surface area (Å²) in [6, 6.07) is 5.17. The Labute approximate surface area is 128 Å². The Hall–Kier alpha value is -1.66. The minimum Gasteiger partial charge on any atom is -0.375 e. The van der Waals surface area contributed by atoms with Gasteiger partial charge < -0.3 is 15.0 Å². The van der Waals surface area contributed by atoms with E-state index in [4.69, 9.17) is 4.74 Å². The van der Waals surface area contributed by atoms with E-state index in [-0.39, 0.29) is 17.5 Å². The molecule has 0 bridgehead atoms. The third-order valence-electron chi connectivity index (χ3n) is 4.94. The molecule has 1 amide bonds. The fourth-order valence-corrected chi connectivity index (χ4v) is 3.60. The number of carbonyl (C=O) groups is 1. The molecule has 1 aromatic heterocycles. The van der Waals surface area contributed by atoms with Crippen LogP contribution in [-0.2, 0) is 4.74 Å². The first kappa shape index (κ1) is 14.0. The van der Waals surface area contributed by atoms with Gasteiger partial charge in [0.2, 0.25) is 5.56 Å². The minimum atomic E-state index is -0.253. The molecule has 2 saturated heterocycles. The van der Waals surface area contributed by atoms with E-state index in [0.717, 1.165) is 32.0 Å². The van der Waals surface area contributed by atoms with Crippen molar-refractivity contribution in [2.75, 3.05) is 19.7 Å². The molecule has 0 spiro atoms. The summed E-state index contributed by atoms with van der Waals surface area (Å²) < 4.78 is 5.97. The fraction of sp³-hybridized carbons (Fsp3) is 0.625. The molecule has 0 aromatic carbocycles. The molecule has 2 aliphatic heterocycles. The second-order valence-corrected chi connectivity index (χ2v) is 6.65. The molecule has 1 saturated carbocycles. The van der Waals surface area contributed by atoms with Crippen molar-refractivity contribution >= 4 is 5.91 Å². The normalized spacial score (nSPS) is 31.7. The molecule has 3 aliphatic rings. The third-order valence-corrected chi connectivity index (χ3v) is 4.94. The largest absolute Gasteiger partial charge is 0.375 e. The average Bonchev–Trinajstić information content (AvgIpc) is 3.27. The van der Waals surface area contributed by atoms with Crippen molar-refractivity contribution in [2.45, 2.75) is 37.5 Å². The van der Waals surface area contributed by atoms with E-state index in [1.54, 1.807) is 12.1 Å². The number of morpholine rings is 1. The summed E-state index contributed by atoms with van der Waals surface area (Å²) in [5.74, 6) is 0.547. The van der Waals surface area contributed by atoms with Crippen LogP contribution in [0.5, 0.6) is 0 Å². The number of H-pyrrole nitrogens is 1. The van der Waals surface area contributed by atoms with E-state index in [1.807, 2.05) is 0 Å². The summed E-state index contributed by atoms with van der Waals surface area (Å²) in [7, 11) is 0. The van der Waals surface area contributed by atoms with E-state index in [0.29, 0.717) is 17.8 Å². The number of carbonyl (C=O) groups excluding carboxylic acids is 1. The van der Waals surface area contributed by atoms with Crippen LogP contribution in [0, 0.1) is 5.92 Å². The maximum Gasteiger partial charge on any atom is 0.268 e. The second kappa shape index (κ2) is 5.52. The van der Waals surface area contributed by atoms with Crippen molar-refractivity contribution in [3.05, 3.63) is 34.2 Å². The lowest BCUT2D eigenvalue weighted by Crippen LogP contribution is -2.47. The van der Waals surface area contributed by atoms with Gasteiger partial charge >= 0.3 is 0 Å². The molecule has 6 heteroatoms. The topological polar surface area (TPSA) is 74.4 Å². The van der Waals surface area contributed by atoms with Gasteiger partial charge in [0.05, 0.1) is 12.7 Å². The Morgan fingerprint density at radius 3 is 2.95 bits per heavy atom. The SMILES string of the molecule is O=C(N[C@H]1C[C@H]2CO[C@@H](C3CC3)CN2C1)c1cccc(=O)[nH]1. The van der Waals surface area contributed by atoms with Crippen molar-refractivity contribution in [2.24, 2.45) is 5.92 Å². The van der Waals surface area contributed by atoms with Crippen LogP contribution < -0.4 is 10.9 Å². The van der Waals surface area contributed by atoms with Crippen molar-refractivity contribution in [3.8, 4) is 0 Å². The minimum absolute atomic E-state index is 0.128. The zero-order valence-electron chi connectivity index (χ0n) is 12.5. The first-order valence-corrected chi connectivity index (χ1v) is 8.05. The number of rotatable bonds is 3. The lowest BCUT2D eigenvalue weighted by atomic mass is 10.1. The van der Waals surface area contributed by atoms with Crippen LogP contribution in [0.3, 0.4) is 0 Å². The van der Waals surface area contributed by atoms with Crippen molar-refractivity contribution < 1.29 is 9.53 Å². The quantitative estimate of drug-likeness (QED) is 0.845. The van der Waals surface area contributed by atoms with Gasteiger partial charge in [0.25, 0.3) is 5.91 Å². The fourth-order valence-electron chi connectivity index (χ4n) is 3.60. The number of aromatic amines is 1. The molecule has 3 atom stereocenters. The number of fused-ring (bicyclic) bond motifs is 1. The van der Waals surface area contributed by atoms with Gasteiger partial charge in [-0.2, -0.15) is 0 Å². The molecule has 0 unspecified atom stereocenters. The Bertz CT molecular complexity index is 625. The molecule has 3 fully saturated rings. The predicted molar refractivity (Wildman–Crippen MR) is 80.8 cm³/mol. The number of aromatic nitrogens is 1. The summed E-state index contributed by atoms with van der Waals surface area (Å²) >= 11 is 0. The smallest absolute Gasteiger partial charge is 0.268 e. The van der Waals surface area contributed by atoms with E-state index >= 15 is 0 Å². The number of nitrogens with zero attached hydrogens (tertiary/aromatic N) is 1. The van der Waals surface area contributed by atoms with Crippen LogP contribution in [0.1, 0.15) is 29.8 Å². The monoisotopic (exact) mass is 303 g/mol. The van der Waals surface area contributed by atoms with Crippen LogP contribution >= 0.6 is 0 Å². The van der Waals surface area contributed by atoms with Crippen molar-refractivity contribution in [1.29, 1.82) is 0 Å². The van der Waals surface area contributed by atoms with Gasteiger partial charge in [0.15, 0.2) is 0 Å². The third kappa shape index (κ3) is 2.80. The van der Waals surface area contributed by atoms with Gasteiger partial charge in [0.1, 0.15) is 5.69 Å². The number of amides is 1. The Kier molecular flexibility index (Phi) is 3.50. The molecule has 2 N–H and O–H groups in total. The number of hydrogen-bond donors (Lipinski definition) is 2. The zero-order valence-corrected chi connectivity index (χ0v) is 12.5. The van der Waals surface area contributed by atoms with Gasteiger partial charge in [0, 0.05) is 31.2 Å². The maximum atomic E-state index is 12.2. The van der Waals surface area contributed by atoms with Gasteiger partial charge in [-0.15, -0.1) is 0 Å². The Balaban J connectivity index is 1.36. The lowest BCUT2D eigenvalue weighted by molar-refractivity contribution is -0.0581. The maximum absolute atomic E-state index is 12.2. The van der Waals surface area contributed by atoms with Gasteiger partial charge in [-0.05, 0) is 31.2 Å². The van der Waals surface area contributed by atoms with Gasteiger partial charge in [-0.1, -0.05) is 6.07 Å². The highest BCUT2D eigenvalue weighted by molar-refractivity contribution is 5.92. The highest BCUT2D eigenvalue weighted by Gasteiger charge is 2.42. The molecular formula is C16H21N3O3. The van der Waals surface area contributed by atoms with Crippen LogP contribution in [-0.4, -0.2) is 53.7 Å². The Morgan fingerprint density at radius 1 is 1.32 bits per heavy atom. The van der Waals surface area contributed by atoms with E-state index in [2.05, 4.69) is 15.2 Å². The molecule has 118 valence electrons. The molecule has 3 heterocycles. The zero-order chi connectivity index (χ0) is 15.1. The van der Waals surface area contributed by atoms with E-state index in [9.17, 15) is 9.59 Å². The van der Waals surface area contributed by atoms with Gasteiger partial charge in [-0.25, -0.2) is 0 Å². The summed E-state index contributed by atoms with van der Waals surface area (Å²) in [6.07, 6.45) is 3.89. The van der Waals surface area contributed by atoms with Crippen LogP contribution in [0.2, 0.25) is 0 Å². The van der Waals surface area contributed by atoms with Crippen LogP contribution in [0.15, 0.2) is 23.0 Å². The second-order valence-electron chi connectivity index (χ2n) is 6.65. The molecule has 1 aromatic rings. The highest BCUT2D eigenvalue weighted by atomic mass is 16.5.